The third-order valence-electron chi connectivity index (χ3n) is 4.93. The minimum Gasteiger partial charge on any atom is -0.307 e. The fourth-order valence-electron chi connectivity index (χ4n) is 3.97. The number of hydrogen-bond acceptors (Lipinski definition) is 3. The Balaban J connectivity index is 1.60. The van der Waals surface area contributed by atoms with E-state index in [0.29, 0.717) is 5.50 Å². The molecular formula is C14H26N2S. The van der Waals surface area contributed by atoms with Gasteiger partial charge in [-0.15, -0.1) is 11.8 Å². The highest BCUT2D eigenvalue weighted by Gasteiger charge is 2.41. The zero-order valence-corrected chi connectivity index (χ0v) is 11.6. The van der Waals surface area contributed by atoms with Gasteiger partial charge in [-0.1, -0.05) is 32.1 Å². The van der Waals surface area contributed by atoms with Crippen LogP contribution in [0.25, 0.3) is 0 Å². The molecule has 1 saturated heterocycles. The summed E-state index contributed by atoms with van der Waals surface area (Å²) in [6.07, 6.45) is 12.9. The van der Waals surface area contributed by atoms with Crippen molar-refractivity contribution < 1.29 is 0 Å². The molecule has 17 heavy (non-hydrogen) atoms. The van der Waals surface area contributed by atoms with Crippen LogP contribution < -0.4 is 5.73 Å². The van der Waals surface area contributed by atoms with Crippen LogP contribution in [-0.4, -0.2) is 28.2 Å². The molecule has 3 heteroatoms. The van der Waals surface area contributed by atoms with Gasteiger partial charge in [-0.25, -0.2) is 0 Å². The third kappa shape index (κ3) is 2.66. The van der Waals surface area contributed by atoms with E-state index in [1.807, 2.05) is 11.8 Å². The van der Waals surface area contributed by atoms with Crippen molar-refractivity contribution in [1.82, 2.24) is 4.90 Å². The van der Waals surface area contributed by atoms with Crippen molar-refractivity contribution >= 4 is 11.8 Å². The van der Waals surface area contributed by atoms with Crippen molar-refractivity contribution in [2.45, 2.75) is 74.6 Å². The van der Waals surface area contributed by atoms with Crippen LogP contribution in [0, 0.1) is 5.92 Å². The van der Waals surface area contributed by atoms with Crippen LogP contribution in [0.5, 0.6) is 0 Å². The van der Waals surface area contributed by atoms with E-state index in [-0.39, 0.29) is 0 Å². The number of hydrogen-bond donors (Lipinski definition) is 1. The first kappa shape index (κ1) is 12.3. The molecule has 0 radical (unpaired) electrons. The summed E-state index contributed by atoms with van der Waals surface area (Å²) in [6.45, 7) is 1.29. The molecule has 0 aromatic rings. The van der Waals surface area contributed by atoms with Crippen LogP contribution in [0.4, 0.5) is 0 Å². The van der Waals surface area contributed by atoms with Crippen molar-refractivity contribution in [2.75, 3.05) is 6.54 Å². The average Bonchev–Trinajstić information content (AvgIpc) is 2.68. The monoisotopic (exact) mass is 254 g/mol. The second-order valence-corrected chi connectivity index (χ2v) is 7.48. The van der Waals surface area contributed by atoms with E-state index in [9.17, 15) is 0 Å². The first-order valence-corrected chi connectivity index (χ1v) is 8.45. The lowest BCUT2D eigenvalue weighted by Gasteiger charge is -2.35. The Hall–Kier alpha value is 0.270. The molecular weight excluding hydrogens is 228 g/mol. The molecule has 0 bridgehead atoms. The van der Waals surface area contributed by atoms with Gasteiger partial charge >= 0.3 is 0 Å². The number of thioether (sulfide) groups is 1. The van der Waals surface area contributed by atoms with Gasteiger partial charge in [-0.05, 0) is 31.6 Å². The number of rotatable bonds is 2. The van der Waals surface area contributed by atoms with Crippen molar-refractivity contribution in [2.24, 2.45) is 11.7 Å². The zero-order valence-electron chi connectivity index (χ0n) is 10.8. The number of nitrogens with zero attached hydrogens (tertiary/aromatic N) is 1. The van der Waals surface area contributed by atoms with Gasteiger partial charge in [-0.3, -0.25) is 4.90 Å². The summed E-state index contributed by atoms with van der Waals surface area (Å²) in [5.74, 6) is 0.941. The molecule has 3 unspecified atom stereocenters. The summed E-state index contributed by atoms with van der Waals surface area (Å²) in [7, 11) is 0. The molecule has 1 heterocycles. The van der Waals surface area contributed by atoms with E-state index in [4.69, 9.17) is 5.73 Å². The fraction of sp³-hybridized carbons (Fsp3) is 1.00. The van der Waals surface area contributed by atoms with Gasteiger partial charge < -0.3 is 5.73 Å². The third-order valence-corrected chi connectivity index (χ3v) is 6.38. The predicted octanol–water partition coefficient (Wildman–Crippen LogP) is 3.17. The molecule has 2 aliphatic carbocycles. The van der Waals surface area contributed by atoms with Crippen molar-refractivity contribution in [3.63, 3.8) is 0 Å². The molecule has 0 amide bonds. The minimum atomic E-state index is 0.296. The van der Waals surface area contributed by atoms with Gasteiger partial charge in [-0.2, -0.15) is 0 Å². The summed E-state index contributed by atoms with van der Waals surface area (Å²) in [6, 6.07) is 0.811. The molecule has 98 valence electrons. The predicted molar refractivity (Wildman–Crippen MR) is 74.9 cm³/mol. The van der Waals surface area contributed by atoms with Crippen LogP contribution in [0.15, 0.2) is 0 Å². The maximum Gasteiger partial charge on any atom is 0.106 e. The maximum absolute atomic E-state index is 6.34. The maximum atomic E-state index is 6.34. The van der Waals surface area contributed by atoms with Crippen LogP contribution >= 0.6 is 11.8 Å². The molecule has 3 rings (SSSR count). The number of nitrogens with two attached hydrogens (primary N) is 1. The number of fused-ring (bicyclic) bond motifs is 1. The Morgan fingerprint density at radius 1 is 0.941 bits per heavy atom. The standard InChI is InChI=1S/C14H26N2S/c15-14-16(10-11-6-2-1-3-7-11)12-8-4-5-9-13(12)17-14/h11-14H,1-10,15H2. The zero-order chi connectivity index (χ0) is 11.7. The van der Waals surface area contributed by atoms with Crippen LogP contribution in [0.3, 0.4) is 0 Å². The lowest BCUT2D eigenvalue weighted by Crippen LogP contribution is -2.46. The van der Waals surface area contributed by atoms with Gasteiger partial charge in [0.15, 0.2) is 0 Å². The Bertz CT molecular complexity index is 253. The van der Waals surface area contributed by atoms with Crippen LogP contribution in [-0.2, 0) is 0 Å². The summed E-state index contributed by atoms with van der Waals surface area (Å²) in [4.78, 5) is 2.66. The van der Waals surface area contributed by atoms with E-state index in [1.54, 1.807) is 0 Å². The summed E-state index contributed by atoms with van der Waals surface area (Å²) in [5.41, 5.74) is 6.64. The van der Waals surface area contributed by atoms with Gasteiger partial charge in [0.2, 0.25) is 0 Å². The largest absolute Gasteiger partial charge is 0.307 e. The molecule has 3 atom stereocenters. The normalized spacial score (nSPS) is 40.4. The Kier molecular flexibility index (Phi) is 3.98. The molecule has 1 aliphatic heterocycles. The van der Waals surface area contributed by atoms with E-state index in [2.05, 4.69) is 4.90 Å². The highest BCUT2D eigenvalue weighted by molar-refractivity contribution is 8.00. The Morgan fingerprint density at radius 2 is 1.65 bits per heavy atom. The fourth-order valence-corrected chi connectivity index (χ4v) is 5.50. The molecule has 2 saturated carbocycles. The lowest BCUT2D eigenvalue weighted by atomic mass is 9.87. The van der Waals surface area contributed by atoms with E-state index in [1.165, 1.54) is 64.3 Å². The van der Waals surface area contributed by atoms with E-state index in [0.717, 1.165) is 17.2 Å². The van der Waals surface area contributed by atoms with Crippen LogP contribution in [0.2, 0.25) is 0 Å². The van der Waals surface area contributed by atoms with Gasteiger partial charge in [0.05, 0.1) is 0 Å². The summed E-state index contributed by atoms with van der Waals surface area (Å²) < 4.78 is 0. The first-order valence-electron chi connectivity index (χ1n) is 7.51. The molecule has 3 aliphatic rings. The van der Waals surface area contributed by atoms with Crippen molar-refractivity contribution in [1.29, 1.82) is 0 Å². The topological polar surface area (TPSA) is 29.3 Å². The Labute approximate surface area is 110 Å². The van der Waals surface area contributed by atoms with E-state index >= 15 is 0 Å². The molecule has 2 N–H and O–H groups in total. The minimum absolute atomic E-state index is 0.296. The molecule has 0 spiro atoms. The second-order valence-electron chi connectivity index (χ2n) is 6.12. The second kappa shape index (κ2) is 5.50. The van der Waals surface area contributed by atoms with Crippen molar-refractivity contribution in [3.8, 4) is 0 Å². The first-order chi connectivity index (χ1) is 8.34. The molecule has 2 nitrogen and oxygen atoms in total. The molecule has 3 fully saturated rings. The SMILES string of the molecule is NC1SC2CCCCC2N1CC1CCCCC1. The average molecular weight is 254 g/mol. The Morgan fingerprint density at radius 3 is 2.47 bits per heavy atom. The van der Waals surface area contributed by atoms with Crippen molar-refractivity contribution in [3.05, 3.63) is 0 Å². The van der Waals surface area contributed by atoms with Crippen LogP contribution in [0.1, 0.15) is 57.8 Å². The summed E-state index contributed by atoms with van der Waals surface area (Å²) in [5, 5.41) is 0.849. The molecule has 0 aromatic heterocycles. The smallest absolute Gasteiger partial charge is 0.106 e. The lowest BCUT2D eigenvalue weighted by molar-refractivity contribution is 0.131. The van der Waals surface area contributed by atoms with Gasteiger partial charge in [0.25, 0.3) is 0 Å². The molecule has 0 aromatic carbocycles. The summed E-state index contributed by atoms with van der Waals surface area (Å²) >= 11 is 2.05. The highest BCUT2D eigenvalue weighted by Crippen LogP contribution is 2.42. The van der Waals surface area contributed by atoms with Gasteiger partial charge in [0.1, 0.15) is 5.50 Å². The van der Waals surface area contributed by atoms with E-state index < -0.39 is 0 Å². The highest BCUT2D eigenvalue weighted by atomic mass is 32.2. The quantitative estimate of drug-likeness (QED) is 0.821. The van der Waals surface area contributed by atoms with Gasteiger partial charge in [0, 0.05) is 17.8 Å².